The molecule has 1 N–H and O–H groups in total. The van der Waals surface area contributed by atoms with E-state index >= 15 is 0 Å². The Morgan fingerprint density at radius 3 is 2.85 bits per heavy atom. The van der Waals surface area contributed by atoms with Gasteiger partial charge >= 0.3 is 0 Å². The van der Waals surface area contributed by atoms with Crippen molar-refractivity contribution in [2.75, 3.05) is 0 Å². The maximum absolute atomic E-state index is 12.4. The number of amides is 2. The van der Waals surface area contributed by atoms with Gasteiger partial charge < -0.3 is 0 Å². The number of aromatic nitrogens is 2. The number of hydrogen-bond acceptors (Lipinski definition) is 4. The van der Waals surface area contributed by atoms with Gasteiger partial charge in [0.1, 0.15) is 6.04 Å². The lowest BCUT2D eigenvalue weighted by Crippen LogP contribution is -2.44. The molecule has 1 aromatic heterocycles. The van der Waals surface area contributed by atoms with Crippen LogP contribution in [0.15, 0.2) is 29.3 Å². The Kier molecular flexibility index (Phi) is 3.02. The van der Waals surface area contributed by atoms with Gasteiger partial charge in [0.05, 0.1) is 22.3 Å². The van der Waals surface area contributed by atoms with Crippen molar-refractivity contribution in [3.05, 3.63) is 39.9 Å². The van der Waals surface area contributed by atoms with Crippen molar-refractivity contribution < 1.29 is 9.59 Å². The summed E-state index contributed by atoms with van der Waals surface area (Å²) in [5, 5.41) is 2.79. The lowest BCUT2D eigenvalue weighted by Gasteiger charge is -2.22. The molecule has 1 aliphatic rings. The Bertz CT molecular complexity index is 784. The molecule has 1 aromatic carbocycles. The summed E-state index contributed by atoms with van der Waals surface area (Å²) in [7, 11) is 0. The molecule has 7 heteroatoms. The van der Waals surface area contributed by atoms with Crippen LogP contribution >= 0.6 is 11.6 Å². The predicted molar refractivity (Wildman–Crippen MR) is 72.4 cm³/mol. The number of rotatable bonds is 1. The highest BCUT2D eigenvalue weighted by Gasteiger charge is 2.29. The number of benzene rings is 1. The van der Waals surface area contributed by atoms with E-state index < -0.39 is 11.9 Å². The van der Waals surface area contributed by atoms with Gasteiger partial charge in [-0.05, 0) is 18.6 Å². The van der Waals surface area contributed by atoms with Crippen molar-refractivity contribution in [2.24, 2.45) is 0 Å². The lowest BCUT2D eigenvalue weighted by atomic mass is 10.1. The van der Waals surface area contributed by atoms with Gasteiger partial charge in [-0.1, -0.05) is 17.7 Å². The van der Waals surface area contributed by atoms with Crippen LogP contribution in [0, 0.1) is 0 Å². The molecule has 102 valence electrons. The molecule has 0 saturated carbocycles. The van der Waals surface area contributed by atoms with E-state index in [4.69, 9.17) is 11.6 Å². The second-order valence-corrected chi connectivity index (χ2v) is 4.97. The van der Waals surface area contributed by atoms with E-state index in [1.807, 2.05) is 0 Å². The minimum absolute atomic E-state index is 0.198. The van der Waals surface area contributed by atoms with Gasteiger partial charge in [-0.15, -0.1) is 0 Å². The van der Waals surface area contributed by atoms with E-state index in [2.05, 4.69) is 10.3 Å². The second kappa shape index (κ2) is 4.72. The number of nitrogens with zero attached hydrogens (tertiary/aromatic N) is 2. The maximum Gasteiger partial charge on any atom is 0.263 e. The van der Waals surface area contributed by atoms with Crippen LogP contribution < -0.4 is 10.9 Å². The molecular weight excluding hydrogens is 282 g/mol. The molecule has 0 bridgehead atoms. The van der Waals surface area contributed by atoms with Crippen LogP contribution in [0.2, 0.25) is 5.02 Å². The number of imide groups is 1. The molecule has 0 unspecified atom stereocenters. The van der Waals surface area contributed by atoms with Crippen molar-refractivity contribution in [1.29, 1.82) is 0 Å². The average molecular weight is 292 g/mol. The predicted octanol–water partition coefficient (Wildman–Crippen LogP) is 1.03. The summed E-state index contributed by atoms with van der Waals surface area (Å²) in [6.07, 6.45) is 1.80. The Labute approximate surface area is 118 Å². The Morgan fingerprint density at radius 2 is 2.10 bits per heavy atom. The van der Waals surface area contributed by atoms with Crippen molar-refractivity contribution in [3.8, 4) is 0 Å². The van der Waals surface area contributed by atoms with E-state index in [1.165, 1.54) is 10.9 Å². The lowest BCUT2D eigenvalue weighted by molar-refractivity contribution is -0.135. The van der Waals surface area contributed by atoms with Gasteiger partial charge in [0.15, 0.2) is 0 Å². The standard InChI is InChI=1S/C13H10ClN3O3/c14-7-2-1-3-8-11(7)13(20)17(6-15-8)9-4-5-10(18)16-12(9)19/h1-3,6,9H,4-5H2,(H,16,18,19)/t9-/m0/s1. The number of carbonyl (C=O) groups excluding carboxylic acids is 2. The SMILES string of the molecule is O=C1CC[C@H](n2cnc3cccc(Cl)c3c2=O)C(=O)N1. The second-order valence-electron chi connectivity index (χ2n) is 4.56. The first-order valence-corrected chi connectivity index (χ1v) is 6.45. The molecule has 1 saturated heterocycles. The molecule has 0 aliphatic carbocycles. The summed E-state index contributed by atoms with van der Waals surface area (Å²) >= 11 is 6.02. The monoisotopic (exact) mass is 291 g/mol. The van der Waals surface area contributed by atoms with Crippen LogP contribution in [0.1, 0.15) is 18.9 Å². The summed E-state index contributed by atoms with van der Waals surface area (Å²) < 4.78 is 1.23. The molecule has 1 fully saturated rings. The van der Waals surface area contributed by atoms with E-state index in [-0.39, 0.29) is 29.7 Å². The number of halogens is 1. The van der Waals surface area contributed by atoms with E-state index in [0.29, 0.717) is 10.5 Å². The first-order chi connectivity index (χ1) is 9.58. The van der Waals surface area contributed by atoms with Crippen molar-refractivity contribution >= 4 is 34.3 Å². The average Bonchev–Trinajstić information content (AvgIpc) is 2.40. The molecule has 2 amide bonds. The van der Waals surface area contributed by atoms with Gasteiger partial charge in [0, 0.05) is 6.42 Å². The molecule has 3 rings (SSSR count). The zero-order chi connectivity index (χ0) is 14.3. The van der Waals surface area contributed by atoms with Gasteiger partial charge in [0.25, 0.3) is 5.56 Å². The summed E-state index contributed by atoms with van der Waals surface area (Å²) in [5.74, 6) is -0.817. The number of nitrogens with one attached hydrogen (secondary N) is 1. The summed E-state index contributed by atoms with van der Waals surface area (Å²) in [6, 6.07) is 4.25. The topological polar surface area (TPSA) is 81.1 Å². The van der Waals surface area contributed by atoms with Gasteiger partial charge in [-0.2, -0.15) is 0 Å². The van der Waals surface area contributed by atoms with Crippen LogP contribution in [0.5, 0.6) is 0 Å². The minimum Gasteiger partial charge on any atom is -0.295 e. The third-order valence-electron chi connectivity index (χ3n) is 3.31. The van der Waals surface area contributed by atoms with E-state index in [1.54, 1.807) is 18.2 Å². The first-order valence-electron chi connectivity index (χ1n) is 6.07. The van der Waals surface area contributed by atoms with Crippen LogP contribution in [-0.2, 0) is 9.59 Å². The van der Waals surface area contributed by atoms with Crippen LogP contribution in [-0.4, -0.2) is 21.4 Å². The van der Waals surface area contributed by atoms with Crippen LogP contribution in [0.4, 0.5) is 0 Å². The van der Waals surface area contributed by atoms with E-state index in [9.17, 15) is 14.4 Å². The minimum atomic E-state index is -0.728. The molecule has 1 aliphatic heterocycles. The number of piperidine rings is 1. The Balaban J connectivity index is 2.16. The molecule has 0 radical (unpaired) electrons. The number of hydrogen-bond donors (Lipinski definition) is 1. The summed E-state index contributed by atoms with van der Waals surface area (Å²) in [6.45, 7) is 0. The van der Waals surface area contributed by atoms with Gasteiger partial charge in [-0.3, -0.25) is 24.3 Å². The highest BCUT2D eigenvalue weighted by atomic mass is 35.5. The first kappa shape index (κ1) is 12.8. The third kappa shape index (κ3) is 1.98. The van der Waals surface area contributed by atoms with Gasteiger partial charge in [0.2, 0.25) is 11.8 Å². The fourth-order valence-electron chi connectivity index (χ4n) is 2.31. The fourth-order valence-corrected chi connectivity index (χ4v) is 2.56. The normalized spacial score (nSPS) is 19.1. The Morgan fingerprint density at radius 1 is 1.30 bits per heavy atom. The zero-order valence-corrected chi connectivity index (χ0v) is 11.1. The smallest absolute Gasteiger partial charge is 0.263 e. The molecular formula is C13H10ClN3O3. The molecule has 20 heavy (non-hydrogen) atoms. The number of fused-ring (bicyclic) bond motifs is 1. The highest BCUT2D eigenvalue weighted by Crippen LogP contribution is 2.21. The van der Waals surface area contributed by atoms with Crippen molar-refractivity contribution in [1.82, 2.24) is 14.9 Å². The van der Waals surface area contributed by atoms with Crippen molar-refractivity contribution in [3.63, 3.8) is 0 Å². The van der Waals surface area contributed by atoms with Crippen LogP contribution in [0.25, 0.3) is 10.9 Å². The van der Waals surface area contributed by atoms with Gasteiger partial charge in [-0.25, -0.2) is 4.98 Å². The summed E-state index contributed by atoms with van der Waals surface area (Å²) in [4.78, 5) is 39.6. The van der Waals surface area contributed by atoms with E-state index in [0.717, 1.165) is 0 Å². The summed E-state index contributed by atoms with van der Waals surface area (Å²) in [5.41, 5.74) is 0.0983. The fraction of sp³-hybridized carbons (Fsp3) is 0.231. The quantitative estimate of drug-likeness (QED) is 0.796. The number of carbonyl (C=O) groups is 2. The molecule has 6 nitrogen and oxygen atoms in total. The Hall–Kier alpha value is -2.21. The zero-order valence-electron chi connectivity index (χ0n) is 10.3. The molecule has 2 aromatic rings. The van der Waals surface area contributed by atoms with Crippen molar-refractivity contribution in [2.45, 2.75) is 18.9 Å². The molecule has 2 heterocycles. The maximum atomic E-state index is 12.4. The molecule has 0 spiro atoms. The highest BCUT2D eigenvalue weighted by molar-refractivity contribution is 6.35. The largest absolute Gasteiger partial charge is 0.295 e. The van der Waals surface area contributed by atoms with Crippen LogP contribution in [0.3, 0.4) is 0 Å². The molecule has 1 atom stereocenters. The third-order valence-corrected chi connectivity index (χ3v) is 3.62.